The van der Waals surface area contributed by atoms with E-state index in [1.54, 1.807) is 12.1 Å². The lowest BCUT2D eigenvalue weighted by molar-refractivity contribution is -0.116. The number of amides is 1. The lowest BCUT2D eigenvalue weighted by Gasteiger charge is -2.24. The van der Waals surface area contributed by atoms with Crippen LogP contribution in [0, 0.1) is 5.82 Å². The Kier molecular flexibility index (Phi) is 7.75. The van der Waals surface area contributed by atoms with Crippen LogP contribution in [0.2, 0.25) is 5.02 Å². The standard InChI is InChI=1S/C28H29ClF2N6O4/c29-18-9-16(1-2-19(18)30)35-26-17-10-22(23(11-21(17)33-15-34-26)41-14-28(32)4-5-28)36-27(38)20(31)3-6-37-12-24-25(13-37)40-8-7-39-24/h1-3,9-11,15,24-25H,4-8,12-14,32H2,(H,36,38)(H,33,34,35)/b20-3+/t24-,25+. The molecule has 13 heteroatoms. The first-order chi connectivity index (χ1) is 19.8. The number of halogens is 3. The molecule has 1 aromatic heterocycles. The largest absolute Gasteiger partial charge is 0.489 e. The minimum absolute atomic E-state index is 0.0420. The summed E-state index contributed by atoms with van der Waals surface area (Å²) in [5.41, 5.74) is 6.99. The van der Waals surface area contributed by atoms with Gasteiger partial charge in [-0.25, -0.2) is 18.7 Å². The molecule has 0 bridgehead atoms. The second kappa shape index (κ2) is 11.5. The Hall–Kier alpha value is -3.42. The number of aromatic nitrogens is 2. The van der Waals surface area contributed by atoms with E-state index in [0.29, 0.717) is 54.5 Å². The third-order valence-electron chi connectivity index (χ3n) is 7.36. The van der Waals surface area contributed by atoms with E-state index in [9.17, 15) is 13.6 Å². The highest BCUT2D eigenvalue weighted by molar-refractivity contribution is 6.31. The van der Waals surface area contributed by atoms with Gasteiger partial charge in [0.2, 0.25) is 0 Å². The third kappa shape index (κ3) is 6.41. The molecule has 0 radical (unpaired) electrons. The van der Waals surface area contributed by atoms with Gasteiger partial charge >= 0.3 is 0 Å². The van der Waals surface area contributed by atoms with Crippen molar-refractivity contribution in [3.05, 3.63) is 59.4 Å². The Morgan fingerprint density at radius 2 is 1.95 bits per heavy atom. The van der Waals surface area contributed by atoms with Gasteiger partial charge in [-0.3, -0.25) is 9.69 Å². The fraction of sp³-hybridized carbons (Fsp3) is 0.393. The molecule has 1 saturated carbocycles. The number of anilines is 3. The van der Waals surface area contributed by atoms with Gasteiger partial charge in [-0.05, 0) is 43.2 Å². The number of likely N-dealkylation sites (tertiary alicyclic amines) is 1. The third-order valence-corrected chi connectivity index (χ3v) is 7.65. The van der Waals surface area contributed by atoms with E-state index >= 15 is 0 Å². The second-order valence-electron chi connectivity index (χ2n) is 10.5. The van der Waals surface area contributed by atoms with Crippen molar-refractivity contribution in [2.75, 3.05) is 50.1 Å². The van der Waals surface area contributed by atoms with Crippen LogP contribution in [0.1, 0.15) is 12.8 Å². The fourth-order valence-corrected chi connectivity index (χ4v) is 4.99. The molecule has 3 aromatic rings. The number of hydrogen-bond donors (Lipinski definition) is 3. The predicted octanol–water partition coefficient (Wildman–Crippen LogP) is 3.93. The van der Waals surface area contributed by atoms with Gasteiger partial charge in [-0.15, -0.1) is 0 Å². The lowest BCUT2D eigenvalue weighted by Crippen LogP contribution is -2.36. The van der Waals surface area contributed by atoms with Crippen LogP contribution in [-0.2, 0) is 14.3 Å². The predicted molar refractivity (Wildman–Crippen MR) is 150 cm³/mol. The topological polar surface area (TPSA) is 124 Å². The Morgan fingerprint density at radius 1 is 1.20 bits per heavy atom. The SMILES string of the molecule is NC1(COc2cc3ncnc(Nc4ccc(F)c(Cl)c4)c3cc2NC(=O)/C(F)=C\CN2C[C@@H]3OCCO[C@@H]3C2)CC1. The van der Waals surface area contributed by atoms with Crippen LogP contribution < -0.4 is 21.1 Å². The van der Waals surface area contributed by atoms with Crippen molar-refractivity contribution in [2.24, 2.45) is 5.73 Å². The van der Waals surface area contributed by atoms with Crippen molar-refractivity contribution in [3.63, 3.8) is 0 Å². The smallest absolute Gasteiger partial charge is 0.284 e. The first-order valence-corrected chi connectivity index (χ1v) is 13.7. The molecule has 3 aliphatic rings. The molecule has 2 atom stereocenters. The Labute approximate surface area is 239 Å². The van der Waals surface area contributed by atoms with Gasteiger partial charge in [-0.2, -0.15) is 0 Å². The number of nitrogens with one attached hydrogen (secondary N) is 2. The van der Waals surface area contributed by atoms with E-state index in [0.717, 1.165) is 12.8 Å². The summed E-state index contributed by atoms with van der Waals surface area (Å²) in [5.74, 6) is -1.75. The molecule has 6 rings (SSSR count). The van der Waals surface area contributed by atoms with Gasteiger partial charge in [0.1, 0.15) is 30.3 Å². The highest BCUT2D eigenvalue weighted by Gasteiger charge is 2.39. The van der Waals surface area contributed by atoms with Crippen molar-refractivity contribution in [1.82, 2.24) is 14.9 Å². The van der Waals surface area contributed by atoms with Crippen LogP contribution >= 0.6 is 11.6 Å². The van der Waals surface area contributed by atoms with Crippen LogP contribution in [0.15, 0.2) is 48.6 Å². The van der Waals surface area contributed by atoms with Gasteiger partial charge in [0.05, 0.1) is 47.2 Å². The average molecular weight is 587 g/mol. The second-order valence-corrected chi connectivity index (χ2v) is 10.9. The van der Waals surface area contributed by atoms with Crippen molar-refractivity contribution in [1.29, 1.82) is 0 Å². The number of ether oxygens (including phenoxy) is 3. The van der Waals surface area contributed by atoms with E-state index in [1.807, 2.05) is 4.90 Å². The maximum Gasteiger partial charge on any atom is 0.284 e. The summed E-state index contributed by atoms with van der Waals surface area (Å²) >= 11 is 5.93. The molecule has 3 fully saturated rings. The van der Waals surface area contributed by atoms with Crippen molar-refractivity contribution < 1.29 is 27.8 Å². The van der Waals surface area contributed by atoms with E-state index in [4.69, 9.17) is 31.5 Å². The monoisotopic (exact) mass is 586 g/mol. The number of nitrogens with zero attached hydrogens (tertiary/aromatic N) is 3. The van der Waals surface area contributed by atoms with Gasteiger partial charge in [0, 0.05) is 36.8 Å². The Bertz CT molecular complexity index is 1490. The number of carbonyl (C=O) groups is 1. The van der Waals surface area contributed by atoms with Gasteiger partial charge in [-0.1, -0.05) is 11.6 Å². The summed E-state index contributed by atoms with van der Waals surface area (Å²) in [4.78, 5) is 23.5. The fourth-order valence-electron chi connectivity index (χ4n) is 4.81. The highest BCUT2D eigenvalue weighted by atomic mass is 35.5. The van der Waals surface area contributed by atoms with Gasteiger partial charge in [0.25, 0.3) is 5.91 Å². The first-order valence-electron chi connectivity index (χ1n) is 13.3. The van der Waals surface area contributed by atoms with Crippen molar-refractivity contribution in [3.8, 4) is 5.75 Å². The molecular formula is C28H29ClF2N6O4. The van der Waals surface area contributed by atoms with E-state index in [2.05, 4.69) is 20.6 Å². The summed E-state index contributed by atoms with van der Waals surface area (Å²) in [6.07, 6.45) is 4.16. The highest BCUT2D eigenvalue weighted by Crippen LogP contribution is 2.37. The minimum atomic E-state index is -0.936. The summed E-state index contributed by atoms with van der Waals surface area (Å²) < 4.78 is 46.0. The van der Waals surface area contributed by atoms with Crippen LogP contribution in [0.25, 0.3) is 10.9 Å². The van der Waals surface area contributed by atoms with Gasteiger partial charge in [0.15, 0.2) is 5.83 Å². The van der Waals surface area contributed by atoms with Crippen molar-refractivity contribution >= 4 is 45.6 Å². The van der Waals surface area contributed by atoms with Crippen LogP contribution in [0.4, 0.5) is 26.0 Å². The number of fused-ring (bicyclic) bond motifs is 2. The zero-order valence-electron chi connectivity index (χ0n) is 22.0. The molecule has 2 aliphatic heterocycles. The van der Waals surface area contributed by atoms with E-state index in [1.165, 1.54) is 30.6 Å². The summed E-state index contributed by atoms with van der Waals surface area (Å²) in [5, 5.41) is 6.17. The lowest BCUT2D eigenvalue weighted by atomic mass is 10.1. The molecule has 0 spiro atoms. The maximum absolute atomic E-state index is 15.0. The van der Waals surface area contributed by atoms with Crippen LogP contribution in [0.3, 0.4) is 0 Å². The van der Waals surface area contributed by atoms with Gasteiger partial charge < -0.3 is 30.6 Å². The molecule has 216 valence electrons. The number of hydrogen-bond acceptors (Lipinski definition) is 9. The quantitative estimate of drug-likeness (QED) is 0.320. The normalized spacial score (nSPS) is 21.9. The number of nitrogens with two attached hydrogens (primary N) is 1. The Morgan fingerprint density at radius 3 is 2.66 bits per heavy atom. The molecule has 2 saturated heterocycles. The molecular weight excluding hydrogens is 558 g/mol. The van der Waals surface area contributed by atoms with Crippen molar-refractivity contribution in [2.45, 2.75) is 30.6 Å². The van der Waals surface area contributed by atoms with E-state index < -0.39 is 23.1 Å². The number of benzene rings is 2. The van der Waals surface area contributed by atoms with E-state index in [-0.39, 0.29) is 36.1 Å². The molecule has 2 aromatic carbocycles. The number of carbonyl (C=O) groups excluding carboxylic acids is 1. The molecule has 1 aliphatic carbocycles. The molecule has 0 unspecified atom stereocenters. The molecule has 3 heterocycles. The Balaban J connectivity index is 1.23. The van der Waals surface area contributed by atoms with Crippen LogP contribution in [0.5, 0.6) is 5.75 Å². The zero-order valence-corrected chi connectivity index (χ0v) is 22.8. The summed E-state index contributed by atoms with van der Waals surface area (Å²) in [6.45, 7) is 2.76. The summed E-state index contributed by atoms with van der Waals surface area (Å²) in [7, 11) is 0. The summed E-state index contributed by atoms with van der Waals surface area (Å²) in [6, 6.07) is 7.40. The molecule has 10 nitrogen and oxygen atoms in total. The average Bonchev–Trinajstić information content (AvgIpc) is 3.55. The zero-order chi connectivity index (χ0) is 28.6. The van der Waals surface area contributed by atoms with Crippen LogP contribution in [-0.4, -0.2) is 78.0 Å². The molecule has 1 amide bonds. The minimum Gasteiger partial charge on any atom is -0.489 e. The molecule has 4 N–H and O–H groups in total. The maximum atomic E-state index is 15.0. The number of rotatable bonds is 9. The first kappa shape index (κ1) is 27.7. The molecule has 41 heavy (non-hydrogen) atoms.